The van der Waals surface area contributed by atoms with Crippen molar-refractivity contribution in [3.05, 3.63) is 47.1 Å². The van der Waals surface area contributed by atoms with Gasteiger partial charge in [0, 0.05) is 35.5 Å². The monoisotopic (exact) mass is 413 g/mol. The largest absolute Gasteiger partial charge is 0.486 e. The molecule has 2 aromatic heterocycles. The number of benzene rings is 1. The van der Waals surface area contributed by atoms with Gasteiger partial charge in [0.05, 0.1) is 18.8 Å². The van der Waals surface area contributed by atoms with Crippen LogP contribution in [0.4, 0.5) is 5.13 Å². The van der Waals surface area contributed by atoms with Crippen molar-refractivity contribution in [2.75, 3.05) is 25.6 Å². The Balaban J connectivity index is 1.49. The standard InChI is InChI=1S/C22H27N3O3S/c1-14(11-26-4)23-22-24-19(13-29-22)18-9-15(2)25(16(18)3)10-17-12-27-20-7-5-6-8-21(20)28-17/h5-9,13-14,17H,10-12H2,1-4H3,(H,23,24)/t14-,17+/m0/s1. The van der Waals surface area contributed by atoms with Gasteiger partial charge in [-0.05, 0) is 39.0 Å². The van der Waals surface area contributed by atoms with Crippen LogP contribution >= 0.6 is 11.3 Å². The Bertz CT molecular complexity index is 982. The molecule has 1 N–H and O–H groups in total. The highest BCUT2D eigenvalue weighted by Crippen LogP contribution is 2.33. The van der Waals surface area contributed by atoms with Crippen LogP contribution in [-0.4, -0.2) is 42.0 Å². The summed E-state index contributed by atoms with van der Waals surface area (Å²) in [5.41, 5.74) is 4.53. The second-order valence-electron chi connectivity index (χ2n) is 7.43. The summed E-state index contributed by atoms with van der Waals surface area (Å²) in [6, 6.07) is 10.2. The van der Waals surface area contributed by atoms with Crippen molar-refractivity contribution in [2.24, 2.45) is 0 Å². The molecule has 29 heavy (non-hydrogen) atoms. The number of aryl methyl sites for hydroxylation is 1. The predicted octanol–water partition coefficient (Wildman–Crippen LogP) is 4.52. The first-order valence-corrected chi connectivity index (χ1v) is 10.7. The number of aromatic nitrogens is 2. The fourth-order valence-corrected chi connectivity index (χ4v) is 4.49. The number of thiazole rings is 1. The minimum atomic E-state index is -0.0231. The molecule has 0 bridgehead atoms. The van der Waals surface area contributed by atoms with Gasteiger partial charge in [0.1, 0.15) is 6.61 Å². The van der Waals surface area contributed by atoms with E-state index in [4.69, 9.17) is 19.2 Å². The van der Waals surface area contributed by atoms with Crippen molar-refractivity contribution < 1.29 is 14.2 Å². The molecule has 1 aliphatic heterocycles. The van der Waals surface area contributed by atoms with Crippen LogP contribution < -0.4 is 14.8 Å². The Kier molecular flexibility index (Phi) is 5.78. The van der Waals surface area contributed by atoms with Crippen LogP contribution in [0.15, 0.2) is 35.7 Å². The first-order valence-electron chi connectivity index (χ1n) is 9.81. The second kappa shape index (κ2) is 8.47. The summed E-state index contributed by atoms with van der Waals surface area (Å²) in [6.07, 6.45) is -0.0231. The molecular formula is C22H27N3O3S. The van der Waals surface area contributed by atoms with E-state index in [0.717, 1.165) is 34.4 Å². The number of ether oxygens (including phenoxy) is 3. The van der Waals surface area contributed by atoms with Crippen molar-refractivity contribution in [3.8, 4) is 22.8 Å². The minimum Gasteiger partial charge on any atom is -0.486 e. The molecule has 0 spiro atoms. The highest BCUT2D eigenvalue weighted by Gasteiger charge is 2.23. The number of para-hydroxylation sites is 2. The molecule has 154 valence electrons. The first-order chi connectivity index (χ1) is 14.0. The van der Waals surface area contributed by atoms with Gasteiger partial charge in [0.25, 0.3) is 0 Å². The fraction of sp³-hybridized carbons (Fsp3) is 0.409. The molecule has 1 aromatic carbocycles. The maximum Gasteiger partial charge on any atom is 0.183 e. The number of rotatable bonds is 7. The Morgan fingerprint density at radius 3 is 2.90 bits per heavy atom. The Morgan fingerprint density at radius 1 is 1.31 bits per heavy atom. The van der Waals surface area contributed by atoms with Crippen LogP contribution in [-0.2, 0) is 11.3 Å². The van der Waals surface area contributed by atoms with E-state index < -0.39 is 0 Å². The van der Waals surface area contributed by atoms with Crippen LogP contribution in [0.2, 0.25) is 0 Å². The molecule has 4 rings (SSSR count). The highest BCUT2D eigenvalue weighted by molar-refractivity contribution is 7.14. The molecule has 6 nitrogen and oxygen atoms in total. The SMILES string of the molecule is COC[C@H](C)Nc1nc(-c2cc(C)n(C[C@@H]3COc4ccccc4O3)c2C)cs1. The third-order valence-electron chi connectivity index (χ3n) is 5.09. The van der Waals surface area contributed by atoms with Gasteiger partial charge in [0.2, 0.25) is 0 Å². The molecule has 0 saturated heterocycles. The normalized spacial score (nSPS) is 16.6. The van der Waals surface area contributed by atoms with E-state index in [1.807, 2.05) is 24.3 Å². The Morgan fingerprint density at radius 2 is 2.10 bits per heavy atom. The van der Waals surface area contributed by atoms with Crippen molar-refractivity contribution >= 4 is 16.5 Å². The van der Waals surface area contributed by atoms with Crippen LogP contribution in [0.5, 0.6) is 11.5 Å². The average molecular weight is 414 g/mol. The molecule has 3 heterocycles. The zero-order valence-electron chi connectivity index (χ0n) is 17.3. The first kappa shape index (κ1) is 19.8. The number of nitrogens with one attached hydrogen (secondary N) is 1. The number of methoxy groups -OCH3 is 1. The lowest BCUT2D eigenvalue weighted by Crippen LogP contribution is -2.33. The summed E-state index contributed by atoms with van der Waals surface area (Å²) in [5, 5.41) is 6.40. The maximum atomic E-state index is 6.15. The lowest BCUT2D eigenvalue weighted by molar-refractivity contribution is 0.0778. The van der Waals surface area contributed by atoms with Crippen LogP contribution in [0.25, 0.3) is 11.3 Å². The highest BCUT2D eigenvalue weighted by atomic mass is 32.1. The maximum absolute atomic E-state index is 6.15. The van der Waals surface area contributed by atoms with Gasteiger partial charge in [-0.3, -0.25) is 0 Å². The van der Waals surface area contributed by atoms with Gasteiger partial charge < -0.3 is 24.1 Å². The zero-order chi connectivity index (χ0) is 20.4. The van der Waals surface area contributed by atoms with E-state index >= 15 is 0 Å². The third-order valence-corrected chi connectivity index (χ3v) is 5.87. The molecule has 0 amide bonds. The van der Waals surface area contributed by atoms with E-state index in [1.165, 1.54) is 11.4 Å². The summed E-state index contributed by atoms with van der Waals surface area (Å²) < 4.78 is 19.5. The topological polar surface area (TPSA) is 57.5 Å². The van der Waals surface area contributed by atoms with Crippen molar-refractivity contribution in [3.63, 3.8) is 0 Å². The van der Waals surface area contributed by atoms with E-state index in [1.54, 1.807) is 18.4 Å². The number of anilines is 1. The van der Waals surface area contributed by atoms with Crippen LogP contribution in [0.3, 0.4) is 0 Å². The van der Waals surface area contributed by atoms with Crippen LogP contribution in [0, 0.1) is 13.8 Å². The predicted molar refractivity (Wildman–Crippen MR) is 116 cm³/mol. The molecule has 2 atom stereocenters. The van der Waals surface area contributed by atoms with E-state index in [-0.39, 0.29) is 12.1 Å². The van der Waals surface area contributed by atoms with Crippen molar-refractivity contribution in [2.45, 2.75) is 39.5 Å². The molecule has 0 unspecified atom stereocenters. The molecule has 0 aliphatic carbocycles. The Labute approximate surface area is 175 Å². The van der Waals surface area contributed by atoms with Crippen molar-refractivity contribution in [1.82, 2.24) is 9.55 Å². The summed E-state index contributed by atoms with van der Waals surface area (Å²) in [6.45, 7) is 8.29. The molecule has 0 radical (unpaired) electrons. The van der Waals surface area contributed by atoms with Crippen LogP contribution in [0.1, 0.15) is 18.3 Å². The van der Waals surface area contributed by atoms with Gasteiger partial charge in [0.15, 0.2) is 22.7 Å². The van der Waals surface area contributed by atoms with E-state index in [0.29, 0.717) is 13.2 Å². The molecule has 3 aromatic rings. The van der Waals surface area contributed by atoms with Gasteiger partial charge in [-0.15, -0.1) is 11.3 Å². The number of hydrogen-bond acceptors (Lipinski definition) is 6. The minimum absolute atomic E-state index is 0.0231. The molecule has 0 fully saturated rings. The molecular weight excluding hydrogens is 386 g/mol. The summed E-state index contributed by atoms with van der Waals surface area (Å²) in [5.74, 6) is 1.63. The molecule has 0 saturated carbocycles. The number of nitrogens with zero attached hydrogens (tertiary/aromatic N) is 2. The lowest BCUT2D eigenvalue weighted by atomic mass is 10.2. The smallest absolute Gasteiger partial charge is 0.183 e. The van der Waals surface area contributed by atoms with Gasteiger partial charge in [-0.2, -0.15) is 0 Å². The van der Waals surface area contributed by atoms with E-state index in [2.05, 4.69) is 42.1 Å². The third kappa shape index (κ3) is 4.26. The van der Waals surface area contributed by atoms with Gasteiger partial charge in [-0.25, -0.2) is 4.98 Å². The summed E-state index contributed by atoms with van der Waals surface area (Å²) >= 11 is 1.62. The van der Waals surface area contributed by atoms with E-state index in [9.17, 15) is 0 Å². The summed E-state index contributed by atoms with van der Waals surface area (Å²) in [4.78, 5) is 4.78. The summed E-state index contributed by atoms with van der Waals surface area (Å²) in [7, 11) is 1.71. The van der Waals surface area contributed by atoms with Gasteiger partial charge >= 0.3 is 0 Å². The molecule has 1 aliphatic rings. The average Bonchev–Trinajstić information content (AvgIpc) is 3.27. The number of hydrogen-bond donors (Lipinski definition) is 1. The fourth-order valence-electron chi connectivity index (χ4n) is 3.66. The quantitative estimate of drug-likeness (QED) is 0.617. The van der Waals surface area contributed by atoms with Gasteiger partial charge in [-0.1, -0.05) is 12.1 Å². The lowest BCUT2D eigenvalue weighted by Gasteiger charge is -2.27. The Hall–Kier alpha value is -2.51. The molecule has 7 heteroatoms. The number of fused-ring (bicyclic) bond motifs is 1. The van der Waals surface area contributed by atoms with Crippen molar-refractivity contribution in [1.29, 1.82) is 0 Å². The second-order valence-corrected chi connectivity index (χ2v) is 8.29. The zero-order valence-corrected chi connectivity index (χ0v) is 18.1.